The summed E-state index contributed by atoms with van der Waals surface area (Å²) in [5.41, 5.74) is -0.909. The van der Waals surface area contributed by atoms with Crippen molar-refractivity contribution < 1.29 is 14.0 Å². The van der Waals surface area contributed by atoms with Crippen molar-refractivity contribution in [1.29, 1.82) is 5.26 Å². The second kappa shape index (κ2) is 5.09. The highest BCUT2D eigenvalue weighted by molar-refractivity contribution is 6.15. The molecule has 0 saturated carbocycles. The van der Waals surface area contributed by atoms with Crippen LogP contribution in [0.15, 0.2) is 24.3 Å². The largest absolute Gasteiger partial charge is 0.295 e. The van der Waals surface area contributed by atoms with Crippen LogP contribution >= 0.6 is 0 Å². The molecule has 0 amide bonds. The van der Waals surface area contributed by atoms with Gasteiger partial charge in [-0.3, -0.25) is 9.59 Å². The molecule has 1 aromatic rings. The maximum atomic E-state index is 13.9. The number of Topliss-reactive ketones (excluding diaryl/α,β-unsaturated/α-hetero) is 2. The Bertz CT molecular complexity index is 523. The Hall–Kier alpha value is -2.02. The molecule has 0 heterocycles. The van der Waals surface area contributed by atoms with Crippen LogP contribution in [0, 0.1) is 16.7 Å². The molecule has 1 atom stereocenters. The number of nitrogens with zero attached hydrogens (tertiary/aromatic N) is 1. The summed E-state index contributed by atoms with van der Waals surface area (Å²) in [7, 11) is 0. The van der Waals surface area contributed by atoms with E-state index in [1.54, 1.807) is 26.8 Å². The van der Waals surface area contributed by atoms with E-state index in [0.717, 1.165) is 0 Å². The van der Waals surface area contributed by atoms with Gasteiger partial charge in [0.05, 0.1) is 11.6 Å². The fourth-order valence-corrected chi connectivity index (χ4v) is 1.43. The van der Waals surface area contributed by atoms with Gasteiger partial charge in [-0.05, 0) is 12.1 Å². The number of ketones is 2. The molecule has 0 spiro atoms. The van der Waals surface area contributed by atoms with Crippen LogP contribution in [-0.2, 0) is 4.79 Å². The van der Waals surface area contributed by atoms with Gasteiger partial charge in [0.15, 0.2) is 5.78 Å². The topological polar surface area (TPSA) is 57.9 Å². The third-order valence-electron chi connectivity index (χ3n) is 2.51. The summed E-state index contributed by atoms with van der Waals surface area (Å²) in [6.07, 6.45) is -2.22. The monoisotopic (exact) mass is 247 g/mol. The lowest BCUT2D eigenvalue weighted by atomic mass is 9.85. The first-order valence-electron chi connectivity index (χ1n) is 5.50. The van der Waals surface area contributed by atoms with E-state index in [1.165, 1.54) is 18.2 Å². The van der Waals surface area contributed by atoms with Gasteiger partial charge in [0, 0.05) is 11.0 Å². The van der Waals surface area contributed by atoms with Crippen LogP contribution in [0.25, 0.3) is 0 Å². The van der Waals surface area contributed by atoms with Crippen LogP contribution in [0.5, 0.6) is 0 Å². The van der Waals surface area contributed by atoms with Gasteiger partial charge in [0.2, 0.25) is 12.0 Å². The molecule has 1 unspecified atom stereocenters. The normalized spacial score (nSPS) is 12.6. The van der Waals surface area contributed by atoms with Gasteiger partial charge in [-0.25, -0.2) is 4.39 Å². The Morgan fingerprint density at radius 1 is 1.28 bits per heavy atom. The van der Waals surface area contributed by atoms with Crippen molar-refractivity contribution in [3.8, 4) is 6.07 Å². The van der Waals surface area contributed by atoms with Crippen molar-refractivity contribution in [2.24, 2.45) is 5.41 Å². The SMILES string of the molecule is CC(C)(C)C(=O)C(F)C(=O)c1ccccc1C#N. The van der Waals surface area contributed by atoms with E-state index in [-0.39, 0.29) is 11.1 Å². The average Bonchev–Trinajstić information content (AvgIpc) is 2.34. The summed E-state index contributed by atoms with van der Waals surface area (Å²) in [5, 5.41) is 8.84. The molecule has 18 heavy (non-hydrogen) atoms. The number of nitriles is 1. The molecule has 0 radical (unpaired) electrons. The highest BCUT2D eigenvalue weighted by Gasteiger charge is 2.35. The van der Waals surface area contributed by atoms with E-state index in [0.29, 0.717) is 0 Å². The van der Waals surface area contributed by atoms with Gasteiger partial charge in [0.25, 0.3) is 0 Å². The number of carbonyl (C=O) groups excluding carboxylic acids is 2. The molecule has 0 N–H and O–H groups in total. The number of alkyl halides is 1. The van der Waals surface area contributed by atoms with Crippen LogP contribution in [0.4, 0.5) is 4.39 Å². The van der Waals surface area contributed by atoms with E-state index in [2.05, 4.69) is 0 Å². The molecule has 1 aromatic carbocycles. The maximum Gasteiger partial charge on any atom is 0.221 e. The van der Waals surface area contributed by atoms with Crippen LogP contribution in [0.2, 0.25) is 0 Å². The Morgan fingerprint density at radius 2 is 1.83 bits per heavy atom. The standard InChI is InChI=1S/C14H14FNO2/c1-14(2,3)13(18)11(15)12(17)10-7-5-4-6-9(10)8-16/h4-7,11H,1-3H3. The molecule has 3 nitrogen and oxygen atoms in total. The first kappa shape index (κ1) is 14.0. The number of benzene rings is 1. The maximum absolute atomic E-state index is 13.9. The molecule has 1 rings (SSSR count). The first-order valence-corrected chi connectivity index (χ1v) is 5.50. The molecule has 0 bridgehead atoms. The molecule has 0 aromatic heterocycles. The second-order valence-electron chi connectivity index (χ2n) is 5.00. The quantitative estimate of drug-likeness (QED) is 0.609. The average molecular weight is 247 g/mol. The minimum absolute atomic E-state index is 0.0508. The second-order valence-corrected chi connectivity index (χ2v) is 5.00. The third kappa shape index (κ3) is 2.80. The summed E-state index contributed by atoms with van der Waals surface area (Å²) in [6, 6.07) is 7.69. The fraction of sp³-hybridized carbons (Fsp3) is 0.357. The lowest BCUT2D eigenvalue weighted by Crippen LogP contribution is -2.35. The lowest BCUT2D eigenvalue weighted by molar-refractivity contribution is -0.129. The van der Waals surface area contributed by atoms with E-state index >= 15 is 0 Å². The summed E-state index contributed by atoms with van der Waals surface area (Å²) < 4.78 is 13.9. The summed E-state index contributed by atoms with van der Waals surface area (Å²) in [4.78, 5) is 23.6. The zero-order valence-electron chi connectivity index (χ0n) is 10.5. The summed E-state index contributed by atoms with van der Waals surface area (Å²) in [5.74, 6) is -1.73. The molecule has 0 fully saturated rings. The van der Waals surface area contributed by atoms with Crippen LogP contribution in [0.3, 0.4) is 0 Å². The van der Waals surface area contributed by atoms with E-state index in [4.69, 9.17) is 5.26 Å². The highest BCUT2D eigenvalue weighted by atomic mass is 19.1. The molecule has 0 aliphatic carbocycles. The van der Waals surface area contributed by atoms with Gasteiger partial charge in [-0.15, -0.1) is 0 Å². The summed E-state index contributed by atoms with van der Waals surface area (Å²) >= 11 is 0. The van der Waals surface area contributed by atoms with Gasteiger partial charge >= 0.3 is 0 Å². The van der Waals surface area contributed by atoms with E-state index < -0.39 is 23.2 Å². The number of hydrogen-bond acceptors (Lipinski definition) is 3. The Morgan fingerprint density at radius 3 is 2.33 bits per heavy atom. The molecular formula is C14H14FNO2. The van der Waals surface area contributed by atoms with E-state index in [9.17, 15) is 14.0 Å². The lowest BCUT2D eigenvalue weighted by Gasteiger charge is -2.18. The Balaban J connectivity index is 3.09. The van der Waals surface area contributed by atoms with Crippen LogP contribution < -0.4 is 0 Å². The zero-order chi connectivity index (χ0) is 13.9. The van der Waals surface area contributed by atoms with Crippen molar-refractivity contribution in [2.75, 3.05) is 0 Å². The van der Waals surface area contributed by atoms with Crippen molar-refractivity contribution >= 4 is 11.6 Å². The van der Waals surface area contributed by atoms with Crippen molar-refractivity contribution in [2.45, 2.75) is 26.9 Å². The van der Waals surface area contributed by atoms with E-state index in [1.807, 2.05) is 6.07 Å². The number of carbonyl (C=O) groups is 2. The molecule has 0 saturated heterocycles. The Kier molecular flexibility index (Phi) is 3.97. The predicted octanol–water partition coefficient (Wildman–Crippen LogP) is 2.69. The third-order valence-corrected chi connectivity index (χ3v) is 2.51. The van der Waals surface area contributed by atoms with Crippen LogP contribution in [-0.4, -0.2) is 17.7 Å². The highest BCUT2D eigenvalue weighted by Crippen LogP contribution is 2.21. The predicted molar refractivity (Wildman–Crippen MR) is 64.8 cm³/mol. The molecular weight excluding hydrogens is 233 g/mol. The van der Waals surface area contributed by atoms with Gasteiger partial charge < -0.3 is 0 Å². The van der Waals surface area contributed by atoms with Crippen molar-refractivity contribution in [3.63, 3.8) is 0 Å². The smallest absolute Gasteiger partial charge is 0.221 e. The molecule has 0 aliphatic heterocycles. The fourth-order valence-electron chi connectivity index (χ4n) is 1.43. The number of halogens is 1. The molecule has 94 valence electrons. The minimum Gasteiger partial charge on any atom is -0.295 e. The number of rotatable bonds is 3. The minimum atomic E-state index is -2.22. The number of hydrogen-bond donors (Lipinski definition) is 0. The molecule has 4 heteroatoms. The van der Waals surface area contributed by atoms with Crippen molar-refractivity contribution in [3.05, 3.63) is 35.4 Å². The van der Waals surface area contributed by atoms with Gasteiger partial charge in [-0.1, -0.05) is 32.9 Å². The van der Waals surface area contributed by atoms with Gasteiger partial charge in [-0.2, -0.15) is 5.26 Å². The zero-order valence-corrected chi connectivity index (χ0v) is 10.5. The first-order chi connectivity index (χ1) is 8.29. The van der Waals surface area contributed by atoms with Crippen LogP contribution in [0.1, 0.15) is 36.7 Å². The van der Waals surface area contributed by atoms with Gasteiger partial charge in [0.1, 0.15) is 0 Å². The summed E-state index contributed by atoms with van der Waals surface area (Å²) in [6.45, 7) is 4.64. The Labute approximate surface area is 105 Å². The van der Waals surface area contributed by atoms with Crippen molar-refractivity contribution in [1.82, 2.24) is 0 Å². The molecule has 0 aliphatic rings.